The van der Waals surface area contributed by atoms with Crippen molar-refractivity contribution in [2.45, 2.75) is 81.5 Å². The Balaban J connectivity index is 1.47. The van der Waals surface area contributed by atoms with E-state index in [0.717, 1.165) is 40.6 Å². The van der Waals surface area contributed by atoms with E-state index < -0.39 is 95.8 Å². The molecule has 2 amide bonds. The standard InChI is InChI=1S/C27H45AsN7O18P3S/c1-27(2,21(39)24(40)31-8-6-17(37)30-9-10-57-26(41)15(36)5-3-4-7-28)12-50-56(47,48)53-55(45,46)49-11-16-20(52-54(42,43)44)19(38)25(51-16)35-14-34-18-22(29)32-13-33-23(18)35/h13-16,19-21,25,36,38-39H,3-12H2,1-2H3,(H,30,37)(H,31,40)(H,45,46)(H,47,48)(H2,29,32,33)(H2,42,43,44)/t15?,16-,19-,20-,21+,25-/m1/s1. The fraction of sp³-hybridized carbons (Fsp3) is 0.704. The van der Waals surface area contributed by atoms with Crippen molar-refractivity contribution in [1.82, 2.24) is 30.2 Å². The van der Waals surface area contributed by atoms with Crippen LogP contribution in [0.2, 0.25) is 5.21 Å². The van der Waals surface area contributed by atoms with E-state index in [2.05, 4.69) is 51.3 Å². The number of anilines is 1. The Morgan fingerprint density at radius 3 is 2.40 bits per heavy atom. The summed E-state index contributed by atoms with van der Waals surface area (Å²) >= 11 is 3.31. The average molecular weight is 956 g/mol. The molecule has 0 aliphatic carbocycles. The van der Waals surface area contributed by atoms with Crippen LogP contribution >= 0.6 is 35.2 Å². The first kappa shape index (κ1) is 49.4. The maximum atomic E-state index is 12.7. The van der Waals surface area contributed by atoms with Gasteiger partial charge in [0, 0.05) is 12.0 Å². The zero-order valence-corrected chi connectivity index (χ0v) is 35.8. The molecule has 11 N–H and O–H groups in total. The molecule has 25 nitrogen and oxygen atoms in total. The van der Waals surface area contributed by atoms with Gasteiger partial charge in [0.2, 0.25) is 5.91 Å². The molecule has 322 valence electrons. The molecule has 0 spiro atoms. The zero-order valence-electron chi connectivity index (χ0n) is 30.4. The number of nitrogens with one attached hydrogen (secondary N) is 2. The number of aliphatic hydroxyl groups is 3. The van der Waals surface area contributed by atoms with E-state index in [-0.39, 0.29) is 42.2 Å². The van der Waals surface area contributed by atoms with E-state index >= 15 is 0 Å². The van der Waals surface area contributed by atoms with E-state index in [1.165, 1.54) is 13.8 Å². The Morgan fingerprint density at radius 1 is 1.05 bits per heavy atom. The van der Waals surface area contributed by atoms with Crippen molar-refractivity contribution in [3.63, 3.8) is 0 Å². The fourth-order valence-corrected chi connectivity index (χ4v) is 8.96. The van der Waals surface area contributed by atoms with E-state index in [9.17, 15) is 63.0 Å². The van der Waals surface area contributed by atoms with Gasteiger partial charge in [-0.1, -0.05) is 13.8 Å². The molecule has 0 aromatic carbocycles. The van der Waals surface area contributed by atoms with Crippen molar-refractivity contribution in [2.75, 3.05) is 37.8 Å². The van der Waals surface area contributed by atoms with Crippen molar-refractivity contribution < 1.29 is 85.6 Å². The number of hydrogen-bond donors (Lipinski definition) is 10. The first-order chi connectivity index (χ1) is 26.5. The van der Waals surface area contributed by atoms with Crippen LogP contribution in [-0.2, 0) is 50.7 Å². The summed E-state index contributed by atoms with van der Waals surface area (Å²) in [5, 5.41) is 36.7. The molecule has 0 saturated carbocycles. The summed E-state index contributed by atoms with van der Waals surface area (Å²) in [5.74, 6) is -1.31. The Hall–Kier alpha value is -1.92. The van der Waals surface area contributed by atoms with Gasteiger partial charge < -0.3 is 45.6 Å². The minimum atomic E-state index is -5.58. The number of ether oxygens (including phenoxy) is 1. The van der Waals surface area contributed by atoms with Gasteiger partial charge in [-0.3, -0.25) is 22.9 Å². The number of unbranched alkanes of at least 4 members (excludes halogenated alkanes) is 1. The molecule has 1 aliphatic heterocycles. The number of carbonyl (C=O) groups is 3. The van der Waals surface area contributed by atoms with Crippen molar-refractivity contribution >= 4 is 86.0 Å². The van der Waals surface area contributed by atoms with Crippen molar-refractivity contribution in [2.24, 2.45) is 5.41 Å². The number of aromatic nitrogens is 4. The Kier molecular flexibility index (Phi) is 18.7. The summed E-state index contributed by atoms with van der Waals surface area (Å²) < 4.78 is 62.1. The van der Waals surface area contributed by atoms with E-state index in [4.69, 9.17) is 19.5 Å². The number of phosphoric ester groups is 3. The minimum absolute atomic E-state index is 0.0259. The maximum absolute atomic E-state index is 12.7. The molecule has 2 radical (unpaired) electrons. The number of carbonyl (C=O) groups excluding carboxylic acids is 3. The van der Waals surface area contributed by atoms with Gasteiger partial charge in [0.15, 0.2) is 17.7 Å². The first-order valence-corrected chi connectivity index (χ1v) is 23.6. The summed E-state index contributed by atoms with van der Waals surface area (Å²) in [6.45, 7) is 0.328. The predicted octanol–water partition coefficient (Wildman–Crippen LogP) is -1.22. The summed E-state index contributed by atoms with van der Waals surface area (Å²) in [6, 6.07) is 0. The Bertz CT molecular complexity index is 1840. The molecule has 3 rings (SSSR count). The van der Waals surface area contributed by atoms with Gasteiger partial charge in [0.25, 0.3) is 0 Å². The van der Waals surface area contributed by atoms with Crippen molar-refractivity contribution in [3.8, 4) is 0 Å². The SMILES string of the molecule is CC(C)(COP(=O)(O)OP(=O)(O)OC[C@H]1O[C@@H](n2cnc3c(N)ncnc32)[C@H](O)[C@@H]1OP(=O)(O)O)[C@@H](O)C(=O)NCCC(=O)NCCSC(=O)C(O)CCCC[As]. The van der Waals surface area contributed by atoms with Gasteiger partial charge in [-0.05, 0) is 0 Å². The normalized spacial score (nSPS) is 22.1. The summed E-state index contributed by atoms with van der Waals surface area (Å²) in [5.41, 5.74) is 4.23. The number of nitrogens with zero attached hydrogens (tertiary/aromatic N) is 4. The second-order valence-electron chi connectivity index (χ2n) is 13.0. The van der Waals surface area contributed by atoms with Crippen LogP contribution in [0.5, 0.6) is 0 Å². The summed E-state index contributed by atoms with van der Waals surface area (Å²) in [4.78, 5) is 87.5. The third-order valence-electron chi connectivity index (χ3n) is 7.90. The zero-order chi connectivity index (χ0) is 42.8. The van der Waals surface area contributed by atoms with Crippen LogP contribution in [0.1, 0.15) is 45.8 Å². The second kappa shape index (κ2) is 21.6. The van der Waals surface area contributed by atoms with E-state index in [1.54, 1.807) is 0 Å². The number of aliphatic hydroxyl groups excluding tert-OH is 3. The molecule has 0 bridgehead atoms. The average Bonchev–Trinajstić information content (AvgIpc) is 3.68. The molecule has 2 aromatic heterocycles. The molecule has 1 fully saturated rings. The number of thioether (sulfide) groups is 1. The number of rotatable bonds is 24. The summed E-state index contributed by atoms with van der Waals surface area (Å²) in [7, 11) is -16.4. The fourth-order valence-electron chi connectivity index (χ4n) is 4.95. The van der Waals surface area contributed by atoms with Crippen LogP contribution in [0.3, 0.4) is 0 Å². The van der Waals surface area contributed by atoms with Gasteiger partial charge in [-0.2, -0.15) is 4.31 Å². The number of imidazole rings is 1. The van der Waals surface area contributed by atoms with Crippen molar-refractivity contribution in [3.05, 3.63) is 12.7 Å². The van der Waals surface area contributed by atoms with Crippen LogP contribution < -0.4 is 16.4 Å². The molecule has 8 atom stereocenters. The van der Waals surface area contributed by atoms with Crippen LogP contribution in [0.15, 0.2) is 12.7 Å². The topological polar surface area (TPSA) is 384 Å². The molecule has 3 unspecified atom stereocenters. The van der Waals surface area contributed by atoms with E-state index in [1.807, 2.05) is 0 Å². The number of phosphoric acid groups is 3. The van der Waals surface area contributed by atoms with Gasteiger partial charge in [-0.25, -0.2) is 28.6 Å². The van der Waals surface area contributed by atoms with Gasteiger partial charge in [0.1, 0.15) is 36.3 Å². The van der Waals surface area contributed by atoms with Gasteiger partial charge in [0.05, 0.1) is 19.5 Å². The molecule has 3 heterocycles. The van der Waals surface area contributed by atoms with Crippen molar-refractivity contribution in [1.29, 1.82) is 0 Å². The Labute approximate surface area is 338 Å². The number of nitrogens with two attached hydrogens (primary N) is 1. The number of nitrogen functional groups attached to an aromatic ring is 1. The number of fused-ring (bicyclic) bond motifs is 1. The molecule has 2 aromatic rings. The molecule has 57 heavy (non-hydrogen) atoms. The third kappa shape index (κ3) is 15.6. The molecule has 30 heteroatoms. The van der Waals surface area contributed by atoms with Crippen LogP contribution in [0.4, 0.5) is 5.82 Å². The number of hydrogen-bond acceptors (Lipinski definition) is 19. The first-order valence-electron chi connectivity index (χ1n) is 16.8. The molecule has 1 aliphatic rings. The second-order valence-corrected chi connectivity index (χ2v) is 19.2. The van der Waals surface area contributed by atoms with Crippen LogP contribution in [0, 0.1) is 5.41 Å². The summed E-state index contributed by atoms with van der Waals surface area (Å²) in [6.07, 6.45) is -6.15. The van der Waals surface area contributed by atoms with E-state index in [0.29, 0.717) is 12.8 Å². The van der Waals surface area contributed by atoms with Crippen LogP contribution in [0.25, 0.3) is 11.2 Å². The quantitative estimate of drug-likeness (QED) is 0.0335. The monoisotopic (exact) mass is 955 g/mol. The Morgan fingerprint density at radius 2 is 1.74 bits per heavy atom. The molecular weight excluding hydrogens is 910 g/mol. The molecular formula is C27H45AsN7O18P3S. The van der Waals surface area contributed by atoms with Crippen LogP contribution in [-0.4, -0.2) is 151 Å². The van der Waals surface area contributed by atoms with Gasteiger partial charge >= 0.3 is 132 Å². The predicted molar refractivity (Wildman–Crippen MR) is 198 cm³/mol. The number of amides is 2. The molecule has 1 saturated heterocycles. The van der Waals surface area contributed by atoms with Gasteiger partial charge in [-0.15, -0.1) is 0 Å². The third-order valence-corrected chi connectivity index (χ3v) is 12.6.